The molecule has 3 heteroatoms. The average Bonchev–Trinajstić information content (AvgIpc) is 2.47. The fourth-order valence-corrected chi connectivity index (χ4v) is 2.27. The van der Waals surface area contributed by atoms with Gasteiger partial charge in [0, 0.05) is 35.1 Å². The number of hydrogen-bond acceptors (Lipinski definition) is 3. The molecule has 0 atom stereocenters. The van der Waals surface area contributed by atoms with Gasteiger partial charge >= 0.3 is 0 Å². The maximum absolute atomic E-state index is 11.0. The van der Waals surface area contributed by atoms with Gasteiger partial charge in [0.05, 0.1) is 5.52 Å². The third-order valence-electron chi connectivity index (χ3n) is 3.32. The van der Waals surface area contributed by atoms with Crippen LogP contribution in [0.1, 0.15) is 15.9 Å². The van der Waals surface area contributed by atoms with Crippen LogP contribution in [0.3, 0.4) is 0 Å². The van der Waals surface area contributed by atoms with Crippen molar-refractivity contribution in [2.75, 3.05) is 0 Å². The van der Waals surface area contributed by atoms with E-state index in [1.165, 1.54) is 0 Å². The molecule has 0 aliphatic carbocycles. The van der Waals surface area contributed by atoms with Gasteiger partial charge in [-0.2, -0.15) is 0 Å². The molecule has 0 saturated carbocycles. The molecule has 0 fully saturated rings. The molecule has 0 bridgehead atoms. The van der Waals surface area contributed by atoms with Gasteiger partial charge in [0.25, 0.3) is 0 Å². The van der Waals surface area contributed by atoms with Crippen LogP contribution in [0.2, 0.25) is 0 Å². The van der Waals surface area contributed by atoms with Crippen molar-refractivity contribution in [1.82, 2.24) is 9.97 Å². The summed E-state index contributed by atoms with van der Waals surface area (Å²) in [4.78, 5) is 19.5. The number of hydrogen-bond donors (Lipinski definition) is 0. The predicted octanol–water partition coefficient (Wildman–Crippen LogP) is 3.42. The molecular weight excluding hydrogens is 236 g/mol. The summed E-state index contributed by atoms with van der Waals surface area (Å²) in [5.41, 5.74) is 4.54. The van der Waals surface area contributed by atoms with Crippen LogP contribution in [0.15, 0.2) is 48.9 Å². The van der Waals surface area contributed by atoms with Crippen molar-refractivity contribution in [3.63, 3.8) is 0 Å². The van der Waals surface area contributed by atoms with Crippen LogP contribution in [-0.4, -0.2) is 16.3 Å². The van der Waals surface area contributed by atoms with Gasteiger partial charge in [-0.15, -0.1) is 0 Å². The minimum Gasteiger partial charge on any atom is -0.298 e. The van der Waals surface area contributed by atoms with Gasteiger partial charge in [0.2, 0.25) is 0 Å². The van der Waals surface area contributed by atoms with Crippen LogP contribution in [0.4, 0.5) is 0 Å². The number of rotatable bonds is 2. The molecule has 0 unspecified atom stereocenters. The third kappa shape index (κ3) is 1.89. The Balaban J connectivity index is 2.34. The Hall–Kier alpha value is -2.55. The van der Waals surface area contributed by atoms with Crippen LogP contribution in [0.5, 0.6) is 0 Å². The van der Waals surface area contributed by atoms with E-state index in [-0.39, 0.29) is 0 Å². The molecule has 0 spiro atoms. The number of aromatic nitrogens is 2. The minimum atomic E-state index is 0.624. The van der Waals surface area contributed by atoms with Gasteiger partial charge in [-0.05, 0) is 30.2 Å². The highest BCUT2D eigenvalue weighted by Gasteiger charge is 2.09. The molecule has 0 aliphatic heterocycles. The summed E-state index contributed by atoms with van der Waals surface area (Å²) in [6.07, 6.45) is 6.01. The second-order valence-corrected chi connectivity index (χ2v) is 4.39. The van der Waals surface area contributed by atoms with Crippen molar-refractivity contribution in [2.45, 2.75) is 6.92 Å². The molecule has 2 aromatic heterocycles. The zero-order valence-electron chi connectivity index (χ0n) is 10.5. The summed E-state index contributed by atoms with van der Waals surface area (Å²) in [6, 6.07) is 9.92. The average molecular weight is 248 g/mol. The lowest BCUT2D eigenvalue weighted by atomic mass is 9.96. The lowest BCUT2D eigenvalue weighted by molar-refractivity contribution is 0.112. The van der Waals surface area contributed by atoms with E-state index in [0.717, 1.165) is 33.9 Å². The lowest BCUT2D eigenvalue weighted by Crippen LogP contribution is -1.93. The molecule has 0 aliphatic rings. The van der Waals surface area contributed by atoms with E-state index < -0.39 is 0 Å². The molecule has 1 aromatic carbocycles. The first-order valence-electron chi connectivity index (χ1n) is 6.05. The van der Waals surface area contributed by atoms with Crippen LogP contribution >= 0.6 is 0 Å². The van der Waals surface area contributed by atoms with Crippen molar-refractivity contribution in [3.8, 4) is 11.1 Å². The molecule has 0 amide bonds. The summed E-state index contributed by atoms with van der Waals surface area (Å²) < 4.78 is 0. The van der Waals surface area contributed by atoms with Crippen molar-refractivity contribution in [2.24, 2.45) is 0 Å². The van der Waals surface area contributed by atoms with Gasteiger partial charge in [-0.1, -0.05) is 18.2 Å². The monoisotopic (exact) mass is 248 g/mol. The third-order valence-corrected chi connectivity index (χ3v) is 3.32. The highest BCUT2D eigenvalue weighted by molar-refractivity contribution is 5.96. The normalized spacial score (nSPS) is 10.6. The Bertz CT molecular complexity index is 760. The molecule has 0 saturated heterocycles. The second kappa shape index (κ2) is 4.61. The first-order chi connectivity index (χ1) is 9.31. The number of benzene rings is 1. The zero-order chi connectivity index (χ0) is 13.2. The van der Waals surface area contributed by atoms with E-state index in [9.17, 15) is 4.79 Å². The Morgan fingerprint density at radius 2 is 1.95 bits per heavy atom. The first kappa shape index (κ1) is 11.5. The maximum atomic E-state index is 11.0. The fourth-order valence-electron chi connectivity index (χ4n) is 2.27. The van der Waals surface area contributed by atoms with E-state index in [1.807, 2.05) is 37.3 Å². The van der Waals surface area contributed by atoms with E-state index in [2.05, 4.69) is 9.97 Å². The topological polar surface area (TPSA) is 42.9 Å². The Labute approximate surface area is 111 Å². The molecule has 2 heterocycles. The highest BCUT2D eigenvalue weighted by Crippen LogP contribution is 2.30. The van der Waals surface area contributed by atoms with Crippen LogP contribution in [0.25, 0.3) is 22.0 Å². The molecule has 19 heavy (non-hydrogen) atoms. The maximum Gasteiger partial charge on any atom is 0.151 e. The minimum absolute atomic E-state index is 0.624. The van der Waals surface area contributed by atoms with Gasteiger partial charge < -0.3 is 0 Å². The second-order valence-electron chi connectivity index (χ2n) is 4.39. The van der Waals surface area contributed by atoms with Gasteiger partial charge in [-0.3, -0.25) is 14.8 Å². The molecule has 3 aromatic rings. The van der Waals surface area contributed by atoms with Crippen LogP contribution in [-0.2, 0) is 0 Å². The summed E-state index contributed by atoms with van der Waals surface area (Å²) in [7, 11) is 0. The Morgan fingerprint density at radius 3 is 2.79 bits per heavy atom. The zero-order valence-corrected chi connectivity index (χ0v) is 10.5. The lowest BCUT2D eigenvalue weighted by Gasteiger charge is -2.10. The van der Waals surface area contributed by atoms with Crippen LogP contribution < -0.4 is 0 Å². The van der Waals surface area contributed by atoms with Gasteiger partial charge in [0.15, 0.2) is 6.29 Å². The first-order valence-corrected chi connectivity index (χ1v) is 6.05. The van der Waals surface area contributed by atoms with Gasteiger partial charge in [0.1, 0.15) is 0 Å². The van der Waals surface area contributed by atoms with Gasteiger partial charge in [-0.25, -0.2) is 0 Å². The molecule has 3 rings (SSSR count). The summed E-state index contributed by atoms with van der Waals surface area (Å²) >= 11 is 0. The summed E-state index contributed by atoms with van der Waals surface area (Å²) in [5, 5.41) is 1.07. The van der Waals surface area contributed by atoms with E-state index in [4.69, 9.17) is 0 Å². The van der Waals surface area contributed by atoms with E-state index in [1.54, 1.807) is 18.6 Å². The Kier molecular flexibility index (Phi) is 2.80. The molecular formula is C16H12N2O. The number of carbonyl (C=O) groups is 1. The number of aldehydes is 1. The smallest absolute Gasteiger partial charge is 0.151 e. The van der Waals surface area contributed by atoms with Crippen molar-refractivity contribution in [3.05, 3.63) is 60.0 Å². The fraction of sp³-hybridized carbons (Fsp3) is 0.0625. The number of pyridine rings is 2. The predicted molar refractivity (Wildman–Crippen MR) is 75.1 cm³/mol. The summed E-state index contributed by atoms with van der Waals surface area (Å²) in [6.45, 7) is 1.94. The molecule has 0 N–H and O–H groups in total. The van der Waals surface area contributed by atoms with Crippen molar-refractivity contribution < 1.29 is 4.79 Å². The van der Waals surface area contributed by atoms with Crippen molar-refractivity contribution in [1.29, 1.82) is 0 Å². The SMILES string of the molecule is Cc1c(C=O)cncc1-c1cccc2ncccc12. The summed E-state index contributed by atoms with van der Waals surface area (Å²) in [5.74, 6) is 0. The van der Waals surface area contributed by atoms with E-state index >= 15 is 0 Å². The molecule has 3 nitrogen and oxygen atoms in total. The Morgan fingerprint density at radius 1 is 1.05 bits per heavy atom. The van der Waals surface area contributed by atoms with Crippen molar-refractivity contribution >= 4 is 17.2 Å². The largest absolute Gasteiger partial charge is 0.298 e. The van der Waals surface area contributed by atoms with E-state index in [0.29, 0.717) is 5.56 Å². The number of carbonyl (C=O) groups excluding carboxylic acids is 1. The molecule has 92 valence electrons. The highest BCUT2D eigenvalue weighted by atomic mass is 16.1. The number of nitrogens with zero attached hydrogens (tertiary/aromatic N) is 2. The standard InChI is InChI=1S/C16H12N2O/c1-11-12(10-19)8-17-9-15(11)13-4-2-6-16-14(13)5-3-7-18-16/h2-10H,1H3. The number of fused-ring (bicyclic) bond motifs is 1. The van der Waals surface area contributed by atoms with Crippen LogP contribution in [0, 0.1) is 6.92 Å². The quantitative estimate of drug-likeness (QED) is 0.653. The molecule has 0 radical (unpaired) electrons.